The number of amides is 1. The number of piperazine rings is 1. The van der Waals surface area contributed by atoms with Crippen molar-refractivity contribution in [2.24, 2.45) is 0 Å². The minimum atomic E-state index is -4.43. The van der Waals surface area contributed by atoms with E-state index >= 15 is 0 Å². The number of para-hydroxylation sites is 1. The lowest BCUT2D eigenvalue weighted by Crippen LogP contribution is -2.50. The van der Waals surface area contributed by atoms with Gasteiger partial charge in [0.1, 0.15) is 0 Å². The number of carbonyl (C=O) groups is 1. The van der Waals surface area contributed by atoms with Crippen LogP contribution in [0.5, 0.6) is 0 Å². The SMILES string of the molecule is O=C(CN1CCN(S(=O)(=O)c2ccc(SC(F)(F)F)cc2)CC1)Nc1ccccc1. The number of thioether (sulfide) groups is 1. The Morgan fingerprint density at radius 3 is 2.13 bits per heavy atom. The predicted octanol–water partition coefficient (Wildman–Crippen LogP) is 3.24. The first kappa shape index (κ1) is 22.6. The summed E-state index contributed by atoms with van der Waals surface area (Å²) in [6.45, 7) is 1.29. The van der Waals surface area contributed by atoms with E-state index in [0.29, 0.717) is 18.8 Å². The average molecular weight is 460 g/mol. The molecule has 11 heteroatoms. The molecule has 30 heavy (non-hydrogen) atoms. The zero-order valence-corrected chi connectivity index (χ0v) is 17.4. The van der Waals surface area contributed by atoms with Gasteiger partial charge in [-0.1, -0.05) is 18.2 Å². The Hall–Kier alpha value is -2.08. The number of sulfonamides is 1. The van der Waals surface area contributed by atoms with Gasteiger partial charge in [0.05, 0.1) is 11.4 Å². The van der Waals surface area contributed by atoms with Crippen LogP contribution >= 0.6 is 11.8 Å². The molecule has 0 aliphatic carbocycles. The molecule has 0 bridgehead atoms. The fourth-order valence-electron chi connectivity index (χ4n) is 3.02. The van der Waals surface area contributed by atoms with Crippen LogP contribution in [0.4, 0.5) is 18.9 Å². The number of benzene rings is 2. The van der Waals surface area contributed by atoms with E-state index in [9.17, 15) is 26.4 Å². The highest BCUT2D eigenvalue weighted by Gasteiger charge is 2.31. The predicted molar refractivity (Wildman–Crippen MR) is 109 cm³/mol. The topological polar surface area (TPSA) is 69.7 Å². The average Bonchev–Trinajstić information content (AvgIpc) is 2.68. The van der Waals surface area contributed by atoms with Crippen LogP contribution in [0.2, 0.25) is 0 Å². The van der Waals surface area contributed by atoms with Gasteiger partial charge in [0.15, 0.2) is 0 Å². The lowest BCUT2D eigenvalue weighted by Gasteiger charge is -2.33. The molecule has 1 N–H and O–H groups in total. The zero-order chi connectivity index (χ0) is 21.8. The van der Waals surface area contributed by atoms with E-state index in [1.165, 1.54) is 16.4 Å². The van der Waals surface area contributed by atoms with Crippen LogP contribution in [-0.2, 0) is 14.8 Å². The fraction of sp³-hybridized carbons (Fsp3) is 0.316. The maximum Gasteiger partial charge on any atom is 0.446 e. The summed E-state index contributed by atoms with van der Waals surface area (Å²) in [6, 6.07) is 13.7. The van der Waals surface area contributed by atoms with Crippen LogP contribution in [0.1, 0.15) is 0 Å². The van der Waals surface area contributed by atoms with Crippen molar-refractivity contribution in [1.82, 2.24) is 9.21 Å². The van der Waals surface area contributed by atoms with Gasteiger partial charge in [0.25, 0.3) is 0 Å². The molecule has 0 atom stereocenters. The van der Waals surface area contributed by atoms with E-state index in [1.807, 2.05) is 23.1 Å². The van der Waals surface area contributed by atoms with E-state index < -0.39 is 15.5 Å². The van der Waals surface area contributed by atoms with Crippen molar-refractivity contribution < 1.29 is 26.4 Å². The molecule has 1 heterocycles. The first-order chi connectivity index (χ1) is 14.1. The molecule has 0 saturated carbocycles. The molecule has 0 aromatic heterocycles. The van der Waals surface area contributed by atoms with Gasteiger partial charge in [-0.25, -0.2) is 8.42 Å². The second kappa shape index (κ2) is 9.38. The molecule has 0 radical (unpaired) electrons. The van der Waals surface area contributed by atoms with Gasteiger partial charge in [0.2, 0.25) is 15.9 Å². The van der Waals surface area contributed by atoms with Gasteiger partial charge in [-0.3, -0.25) is 9.69 Å². The number of nitrogens with zero attached hydrogens (tertiary/aromatic N) is 2. The van der Waals surface area contributed by atoms with Crippen molar-refractivity contribution >= 4 is 33.4 Å². The molecule has 1 aliphatic rings. The smallest absolute Gasteiger partial charge is 0.325 e. The van der Waals surface area contributed by atoms with Crippen molar-refractivity contribution in [3.05, 3.63) is 54.6 Å². The third-order valence-corrected chi connectivity index (χ3v) is 7.10. The number of rotatable bonds is 6. The van der Waals surface area contributed by atoms with Crippen LogP contribution in [0.25, 0.3) is 0 Å². The Kier molecular flexibility index (Phi) is 7.06. The number of halogens is 3. The van der Waals surface area contributed by atoms with Gasteiger partial charge < -0.3 is 5.32 Å². The summed E-state index contributed by atoms with van der Waals surface area (Å²) in [4.78, 5) is 13.9. The second-order valence-electron chi connectivity index (χ2n) is 6.61. The van der Waals surface area contributed by atoms with E-state index in [-0.39, 0.29) is 47.1 Å². The maximum absolute atomic E-state index is 12.8. The summed E-state index contributed by atoms with van der Waals surface area (Å²) in [7, 11) is -3.81. The quantitative estimate of drug-likeness (QED) is 0.672. The molecule has 6 nitrogen and oxygen atoms in total. The van der Waals surface area contributed by atoms with Gasteiger partial charge in [-0.05, 0) is 48.2 Å². The maximum atomic E-state index is 12.8. The van der Waals surface area contributed by atoms with E-state index in [2.05, 4.69) is 5.32 Å². The van der Waals surface area contributed by atoms with Crippen LogP contribution in [0, 0.1) is 0 Å². The molecule has 1 saturated heterocycles. The second-order valence-corrected chi connectivity index (χ2v) is 9.69. The Bertz CT molecular complexity index is 960. The van der Waals surface area contributed by atoms with Gasteiger partial charge >= 0.3 is 5.51 Å². The summed E-state index contributed by atoms with van der Waals surface area (Å²) in [5.41, 5.74) is -3.74. The van der Waals surface area contributed by atoms with Crippen molar-refractivity contribution in [3.8, 4) is 0 Å². The molecule has 0 unspecified atom stereocenters. The number of nitrogens with one attached hydrogen (secondary N) is 1. The normalized spacial score (nSPS) is 16.4. The third kappa shape index (κ3) is 6.21. The Labute approximate surface area is 177 Å². The highest BCUT2D eigenvalue weighted by molar-refractivity contribution is 8.00. The summed E-state index contributed by atoms with van der Waals surface area (Å²) in [6.07, 6.45) is 0. The lowest BCUT2D eigenvalue weighted by molar-refractivity contribution is -0.117. The van der Waals surface area contributed by atoms with E-state index in [4.69, 9.17) is 0 Å². The molecule has 2 aromatic carbocycles. The lowest BCUT2D eigenvalue weighted by atomic mass is 10.3. The Morgan fingerprint density at radius 2 is 1.57 bits per heavy atom. The highest BCUT2D eigenvalue weighted by atomic mass is 32.2. The van der Waals surface area contributed by atoms with E-state index in [0.717, 1.165) is 12.1 Å². The van der Waals surface area contributed by atoms with Crippen molar-refractivity contribution in [1.29, 1.82) is 0 Å². The largest absolute Gasteiger partial charge is 0.446 e. The summed E-state index contributed by atoms with van der Waals surface area (Å²) in [5, 5.41) is 2.78. The van der Waals surface area contributed by atoms with Crippen molar-refractivity contribution in [3.63, 3.8) is 0 Å². The first-order valence-electron chi connectivity index (χ1n) is 9.07. The van der Waals surface area contributed by atoms with E-state index in [1.54, 1.807) is 12.1 Å². The van der Waals surface area contributed by atoms with Gasteiger partial charge in [-0.15, -0.1) is 0 Å². The third-order valence-electron chi connectivity index (χ3n) is 4.45. The minimum absolute atomic E-state index is 0.0516. The fourth-order valence-corrected chi connectivity index (χ4v) is 4.98. The first-order valence-corrected chi connectivity index (χ1v) is 11.3. The Morgan fingerprint density at radius 1 is 0.967 bits per heavy atom. The monoisotopic (exact) mass is 459 g/mol. The summed E-state index contributed by atoms with van der Waals surface area (Å²) < 4.78 is 64.0. The molecule has 162 valence electrons. The molecule has 1 aliphatic heterocycles. The highest BCUT2D eigenvalue weighted by Crippen LogP contribution is 2.37. The minimum Gasteiger partial charge on any atom is -0.325 e. The number of hydrogen-bond acceptors (Lipinski definition) is 5. The van der Waals surface area contributed by atoms with Crippen LogP contribution in [-0.4, -0.2) is 61.8 Å². The Balaban J connectivity index is 1.54. The number of hydrogen-bond donors (Lipinski definition) is 1. The summed E-state index contributed by atoms with van der Waals surface area (Å²) in [5.74, 6) is -0.185. The molecular formula is C19H20F3N3O3S2. The number of carbonyl (C=O) groups excluding carboxylic acids is 1. The van der Waals surface area contributed by atoms with Crippen molar-refractivity contribution in [2.75, 3.05) is 38.0 Å². The van der Waals surface area contributed by atoms with Gasteiger partial charge in [-0.2, -0.15) is 17.5 Å². The van der Waals surface area contributed by atoms with Crippen LogP contribution in [0.15, 0.2) is 64.4 Å². The van der Waals surface area contributed by atoms with Gasteiger partial charge in [0, 0.05) is 36.8 Å². The molecule has 2 aromatic rings. The number of anilines is 1. The molecule has 1 fully saturated rings. The van der Waals surface area contributed by atoms with Crippen molar-refractivity contribution in [2.45, 2.75) is 15.3 Å². The standard InChI is InChI=1S/C19H20F3N3O3S2/c20-19(21,22)29-16-6-8-17(9-7-16)30(27,28)25-12-10-24(11-13-25)14-18(26)23-15-4-2-1-3-5-15/h1-9H,10-14H2,(H,23,26). The molecular weight excluding hydrogens is 439 g/mol. The number of alkyl halides is 3. The summed E-state index contributed by atoms with van der Waals surface area (Å²) >= 11 is -0.291. The molecule has 1 amide bonds. The molecule has 0 spiro atoms. The zero-order valence-electron chi connectivity index (χ0n) is 15.8. The van der Waals surface area contributed by atoms with Crippen LogP contribution < -0.4 is 5.32 Å². The van der Waals surface area contributed by atoms with Crippen LogP contribution in [0.3, 0.4) is 0 Å². The molecule has 3 rings (SSSR count).